The van der Waals surface area contributed by atoms with Crippen molar-refractivity contribution in [2.24, 2.45) is 5.73 Å². The highest BCUT2D eigenvalue weighted by atomic mass is 35.5. The van der Waals surface area contributed by atoms with Crippen LogP contribution >= 0.6 is 11.6 Å². The van der Waals surface area contributed by atoms with E-state index in [1.54, 1.807) is 0 Å². The molecule has 1 aromatic carbocycles. The van der Waals surface area contributed by atoms with Crippen molar-refractivity contribution in [3.63, 3.8) is 0 Å². The molecule has 1 nitrogen and oxygen atoms in total. The van der Waals surface area contributed by atoms with E-state index in [0.717, 1.165) is 12.1 Å². The van der Waals surface area contributed by atoms with Gasteiger partial charge in [0.1, 0.15) is 16.7 Å². The Bertz CT molecular complexity index is 315. The summed E-state index contributed by atoms with van der Waals surface area (Å²) < 4.78 is 25.7. The zero-order valence-electron chi connectivity index (χ0n) is 6.73. The van der Waals surface area contributed by atoms with E-state index in [1.165, 1.54) is 6.08 Å². The van der Waals surface area contributed by atoms with Crippen LogP contribution in [-0.2, 0) is 0 Å². The molecule has 0 aliphatic rings. The largest absolute Gasteiger partial charge is 0.321 e. The Morgan fingerprint density at radius 3 is 2.23 bits per heavy atom. The fourth-order valence-corrected chi connectivity index (χ4v) is 1.01. The molecule has 1 aromatic rings. The number of benzene rings is 1. The molecule has 1 atom stereocenters. The molecular weight excluding hydrogens is 196 g/mol. The van der Waals surface area contributed by atoms with E-state index in [2.05, 4.69) is 6.58 Å². The average Bonchev–Trinajstić information content (AvgIpc) is 2.12. The average molecular weight is 204 g/mol. The molecule has 0 saturated carbocycles. The van der Waals surface area contributed by atoms with Crippen molar-refractivity contribution in [2.75, 3.05) is 0 Å². The number of halogens is 3. The summed E-state index contributed by atoms with van der Waals surface area (Å²) in [6.45, 7) is 3.42. The maximum atomic E-state index is 12.9. The lowest BCUT2D eigenvalue weighted by Gasteiger charge is -2.07. The van der Waals surface area contributed by atoms with Gasteiger partial charge in [-0.05, 0) is 17.7 Å². The Hall–Kier alpha value is -0.930. The van der Waals surface area contributed by atoms with Crippen LogP contribution in [0.15, 0.2) is 24.8 Å². The summed E-state index contributed by atoms with van der Waals surface area (Å²) in [6.07, 6.45) is 1.39. The standard InChI is InChI=1S/C9H8ClF2N/c1-2-8(13)5-3-6(11)9(10)7(12)4-5/h2-4,8H,1,13H2. The zero-order valence-corrected chi connectivity index (χ0v) is 7.48. The van der Waals surface area contributed by atoms with Crippen molar-refractivity contribution in [1.29, 1.82) is 0 Å². The molecule has 1 rings (SSSR count). The third kappa shape index (κ3) is 2.05. The minimum atomic E-state index is -0.811. The van der Waals surface area contributed by atoms with Crippen LogP contribution in [0.5, 0.6) is 0 Å². The first-order valence-corrected chi connectivity index (χ1v) is 3.96. The number of hydrogen-bond donors (Lipinski definition) is 1. The van der Waals surface area contributed by atoms with Gasteiger partial charge in [-0.2, -0.15) is 0 Å². The van der Waals surface area contributed by atoms with Gasteiger partial charge in [0.25, 0.3) is 0 Å². The molecule has 0 heterocycles. The molecule has 0 saturated heterocycles. The molecule has 0 fully saturated rings. The quantitative estimate of drug-likeness (QED) is 0.581. The smallest absolute Gasteiger partial charge is 0.145 e. The summed E-state index contributed by atoms with van der Waals surface area (Å²) in [5.41, 5.74) is 5.80. The van der Waals surface area contributed by atoms with E-state index < -0.39 is 22.7 Å². The van der Waals surface area contributed by atoms with Gasteiger partial charge in [-0.25, -0.2) is 8.78 Å². The van der Waals surface area contributed by atoms with Gasteiger partial charge in [0, 0.05) is 6.04 Å². The van der Waals surface area contributed by atoms with Crippen molar-refractivity contribution in [3.05, 3.63) is 47.0 Å². The van der Waals surface area contributed by atoms with Crippen LogP contribution in [0.25, 0.3) is 0 Å². The predicted octanol–water partition coefficient (Wildman–Crippen LogP) is 2.80. The second-order valence-electron chi connectivity index (χ2n) is 2.56. The molecular formula is C9H8ClF2N. The van der Waals surface area contributed by atoms with Gasteiger partial charge in [-0.3, -0.25) is 0 Å². The zero-order chi connectivity index (χ0) is 10.0. The van der Waals surface area contributed by atoms with Crippen LogP contribution in [-0.4, -0.2) is 0 Å². The third-order valence-corrected chi connectivity index (χ3v) is 2.01. The lowest BCUT2D eigenvalue weighted by atomic mass is 10.1. The van der Waals surface area contributed by atoms with Crippen LogP contribution in [0, 0.1) is 11.6 Å². The molecule has 0 aromatic heterocycles. The molecule has 0 amide bonds. The normalized spacial score (nSPS) is 12.6. The van der Waals surface area contributed by atoms with Crippen molar-refractivity contribution in [1.82, 2.24) is 0 Å². The molecule has 0 bridgehead atoms. The van der Waals surface area contributed by atoms with Gasteiger partial charge in [0.15, 0.2) is 0 Å². The number of hydrogen-bond acceptors (Lipinski definition) is 1. The highest BCUT2D eigenvalue weighted by molar-refractivity contribution is 6.30. The SMILES string of the molecule is C=CC(N)c1cc(F)c(Cl)c(F)c1. The van der Waals surface area contributed by atoms with Gasteiger partial charge < -0.3 is 5.73 Å². The van der Waals surface area contributed by atoms with Crippen molar-refractivity contribution in [2.45, 2.75) is 6.04 Å². The monoisotopic (exact) mass is 203 g/mol. The molecule has 4 heteroatoms. The molecule has 70 valence electrons. The van der Waals surface area contributed by atoms with E-state index in [-0.39, 0.29) is 0 Å². The minimum Gasteiger partial charge on any atom is -0.321 e. The van der Waals surface area contributed by atoms with E-state index in [9.17, 15) is 8.78 Å². The second kappa shape index (κ2) is 3.85. The fraction of sp³-hybridized carbons (Fsp3) is 0.111. The summed E-state index contributed by atoms with van der Waals surface area (Å²) in [5.74, 6) is -1.62. The summed E-state index contributed by atoms with van der Waals surface area (Å²) in [6, 6.07) is 1.61. The van der Waals surface area contributed by atoms with Gasteiger partial charge in [0.2, 0.25) is 0 Å². The Balaban J connectivity index is 3.20. The first-order valence-electron chi connectivity index (χ1n) is 3.59. The Morgan fingerprint density at radius 2 is 1.85 bits per heavy atom. The van der Waals surface area contributed by atoms with Crippen molar-refractivity contribution in [3.8, 4) is 0 Å². The maximum Gasteiger partial charge on any atom is 0.145 e. The fourth-order valence-electron chi connectivity index (χ4n) is 0.904. The van der Waals surface area contributed by atoms with Crippen LogP contribution in [0.4, 0.5) is 8.78 Å². The summed E-state index contributed by atoms with van der Waals surface area (Å²) in [7, 11) is 0. The van der Waals surface area contributed by atoms with Gasteiger partial charge >= 0.3 is 0 Å². The summed E-state index contributed by atoms with van der Waals surface area (Å²) in [4.78, 5) is 0. The summed E-state index contributed by atoms with van der Waals surface area (Å²) in [5, 5.41) is -0.514. The van der Waals surface area contributed by atoms with Gasteiger partial charge in [-0.15, -0.1) is 6.58 Å². The van der Waals surface area contributed by atoms with Crippen LogP contribution < -0.4 is 5.73 Å². The maximum absolute atomic E-state index is 12.9. The Morgan fingerprint density at radius 1 is 1.38 bits per heavy atom. The van der Waals surface area contributed by atoms with Gasteiger partial charge in [-0.1, -0.05) is 17.7 Å². The first-order chi connectivity index (χ1) is 6.06. The molecule has 0 aliphatic carbocycles. The minimum absolute atomic E-state index is 0.314. The summed E-state index contributed by atoms with van der Waals surface area (Å²) >= 11 is 5.28. The lowest BCUT2D eigenvalue weighted by molar-refractivity contribution is 0.579. The van der Waals surface area contributed by atoms with E-state index in [1.807, 2.05) is 0 Å². The Labute approximate surface area is 79.8 Å². The number of rotatable bonds is 2. The molecule has 0 spiro atoms. The second-order valence-corrected chi connectivity index (χ2v) is 2.94. The lowest BCUT2D eigenvalue weighted by Crippen LogP contribution is -2.07. The van der Waals surface area contributed by atoms with Crippen LogP contribution in [0.3, 0.4) is 0 Å². The molecule has 0 radical (unpaired) electrons. The predicted molar refractivity (Wildman–Crippen MR) is 48.5 cm³/mol. The van der Waals surface area contributed by atoms with Crippen LogP contribution in [0.1, 0.15) is 11.6 Å². The molecule has 1 unspecified atom stereocenters. The third-order valence-electron chi connectivity index (χ3n) is 1.64. The van der Waals surface area contributed by atoms with E-state index in [0.29, 0.717) is 5.56 Å². The topological polar surface area (TPSA) is 26.0 Å². The van der Waals surface area contributed by atoms with E-state index >= 15 is 0 Å². The molecule has 13 heavy (non-hydrogen) atoms. The van der Waals surface area contributed by atoms with Crippen molar-refractivity contribution < 1.29 is 8.78 Å². The van der Waals surface area contributed by atoms with Crippen molar-refractivity contribution >= 4 is 11.6 Å². The highest BCUT2D eigenvalue weighted by Gasteiger charge is 2.11. The van der Waals surface area contributed by atoms with E-state index in [4.69, 9.17) is 17.3 Å². The van der Waals surface area contributed by atoms with Gasteiger partial charge in [0.05, 0.1) is 0 Å². The van der Waals surface area contributed by atoms with Crippen LogP contribution in [0.2, 0.25) is 5.02 Å². The first kappa shape index (κ1) is 10.2. The highest BCUT2D eigenvalue weighted by Crippen LogP contribution is 2.23. The Kier molecular flexibility index (Phi) is 3.01. The molecule has 0 aliphatic heterocycles. The molecule has 2 N–H and O–H groups in total. The number of nitrogens with two attached hydrogens (primary N) is 1.